The van der Waals surface area contributed by atoms with Crippen LogP contribution in [0.5, 0.6) is 0 Å². The van der Waals surface area contributed by atoms with Gasteiger partial charge in [0.15, 0.2) is 5.76 Å². The first kappa shape index (κ1) is 43.8. The van der Waals surface area contributed by atoms with E-state index < -0.39 is 0 Å². The smallest absolute Gasteiger partial charge is 0.162 e. The molecule has 9 heteroatoms. The predicted molar refractivity (Wildman–Crippen MR) is 211 cm³/mol. The van der Waals surface area contributed by atoms with Crippen molar-refractivity contribution in [1.82, 2.24) is 30.1 Å². The minimum Gasteiger partial charge on any atom is -0.366 e. The maximum absolute atomic E-state index is 5.46. The highest BCUT2D eigenvalue weighted by atomic mass is 16.5. The first-order valence-corrected chi connectivity index (χ1v) is 17.7. The highest BCUT2D eigenvalue weighted by Crippen LogP contribution is 2.40. The van der Waals surface area contributed by atoms with Crippen LogP contribution < -0.4 is 5.32 Å². The Morgan fingerprint density at radius 2 is 1.60 bits per heavy atom. The number of hydrogen-bond donors (Lipinski definition) is 1. The van der Waals surface area contributed by atoms with E-state index in [1.807, 2.05) is 53.7 Å². The molecule has 4 heterocycles. The third kappa shape index (κ3) is 13.2. The molecule has 274 valence electrons. The maximum Gasteiger partial charge on any atom is 0.162 e. The molecule has 1 saturated heterocycles. The average Bonchev–Trinajstić information content (AvgIpc) is 3.80. The van der Waals surface area contributed by atoms with Crippen LogP contribution in [0, 0.1) is 40.5 Å². The Morgan fingerprint density at radius 1 is 0.980 bits per heavy atom. The molecule has 0 bridgehead atoms. The summed E-state index contributed by atoms with van der Waals surface area (Å²) in [5, 5.41) is 11.7. The Morgan fingerprint density at radius 3 is 2.08 bits per heavy atom. The Kier molecular flexibility index (Phi) is 19.7. The molecule has 1 saturated carbocycles. The summed E-state index contributed by atoms with van der Waals surface area (Å²) in [7, 11) is 2.20. The summed E-state index contributed by atoms with van der Waals surface area (Å²) < 4.78 is 10.6. The summed E-state index contributed by atoms with van der Waals surface area (Å²) in [6, 6.07) is 2.25. The van der Waals surface area contributed by atoms with Crippen molar-refractivity contribution in [2.45, 2.75) is 101 Å². The van der Waals surface area contributed by atoms with Gasteiger partial charge in [-0.15, -0.1) is 26.0 Å². The molecular weight excluding hydrogens is 622 g/mol. The highest BCUT2D eigenvalue weighted by Gasteiger charge is 2.30. The van der Waals surface area contributed by atoms with E-state index in [9.17, 15) is 0 Å². The number of aryl methyl sites for hydroxylation is 3. The summed E-state index contributed by atoms with van der Waals surface area (Å²) in [4.78, 5) is 14.9. The van der Waals surface area contributed by atoms with Crippen molar-refractivity contribution in [3.63, 3.8) is 0 Å². The number of allylic oxidation sites excluding steroid dienone is 5. The SMILES string of the molecule is C#C.C/C=C(\c1nc(C2CC2)nc(NC(C)CN2CCN(C)CC2)c1C)c1c(C)noc1C.C=C.CC.CC(C)=C/C=C(\C)c1cc(C)no1. The van der Waals surface area contributed by atoms with E-state index in [1.165, 1.54) is 18.4 Å². The van der Waals surface area contributed by atoms with Crippen LogP contribution in [-0.4, -0.2) is 75.9 Å². The summed E-state index contributed by atoms with van der Waals surface area (Å²) in [5.41, 5.74) is 8.38. The first-order chi connectivity index (χ1) is 24.0. The second kappa shape index (κ2) is 22.5. The van der Waals surface area contributed by atoms with Crippen LogP contribution >= 0.6 is 0 Å². The topological polar surface area (TPSA) is 96.4 Å². The molecule has 0 spiro atoms. The van der Waals surface area contributed by atoms with E-state index >= 15 is 0 Å². The van der Waals surface area contributed by atoms with E-state index in [0.29, 0.717) is 12.0 Å². The lowest BCUT2D eigenvalue weighted by Gasteiger charge is -2.34. The van der Waals surface area contributed by atoms with Crippen molar-refractivity contribution in [3.8, 4) is 12.8 Å². The Bertz CT molecular complexity index is 1540. The van der Waals surface area contributed by atoms with Crippen LogP contribution in [-0.2, 0) is 0 Å². The third-order valence-corrected chi connectivity index (χ3v) is 8.15. The molecule has 5 rings (SSSR count). The van der Waals surface area contributed by atoms with Gasteiger partial charge in [-0.25, -0.2) is 9.97 Å². The summed E-state index contributed by atoms with van der Waals surface area (Å²) in [6.45, 7) is 34.0. The fraction of sp³-hybridized carbons (Fsp3) is 0.512. The molecule has 3 aromatic rings. The summed E-state index contributed by atoms with van der Waals surface area (Å²) in [5.74, 6) is 4.07. The molecule has 2 fully saturated rings. The molecule has 1 atom stereocenters. The molecule has 0 aromatic carbocycles. The molecule has 1 unspecified atom stereocenters. The zero-order valence-corrected chi connectivity index (χ0v) is 33.0. The molecule has 0 radical (unpaired) electrons. The largest absolute Gasteiger partial charge is 0.366 e. The van der Waals surface area contributed by atoms with E-state index in [-0.39, 0.29) is 0 Å². The molecule has 2 aliphatic rings. The van der Waals surface area contributed by atoms with Gasteiger partial charge in [-0.3, -0.25) is 4.90 Å². The molecule has 50 heavy (non-hydrogen) atoms. The number of nitrogens with one attached hydrogen (secondary N) is 1. The molecular formula is C41H63N7O2. The Balaban J connectivity index is 0.000000551. The number of anilines is 1. The van der Waals surface area contributed by atoms with Crippen molar-refractivity contribution in [1.29, 1.82) is 0 Å². The van der Waals surface area contributed by atoms with Gasteiger partial charge < -0.3 is 19.3 Å². The van der Waals surface area contributed by atoms with E-state index in [0.717, 1.165) is 95.2 Å². The zero-order valence-electron chi connectivity index (χ0n) is 33.0. The minimum atomic E-state index is 0.310. The average molecular weight is 686 g/mol. The number of rotatable bonds is 9. The van der Waals surface area contributed by atoms with Crippen LogP contribution in [0.15, 0.2) is 52.1 Å². The normalized spacial score (nSPS) is 15.4. The second-order valence-electron chi connectivity index (χ2n) is 12.7. The fourth-order valence-electron chi connectivity index (χ4n) is 5.35. The van der Waals surface area contributed by atoms with E-state index in [2.05, 4.69) is 105 Å². The number of hydrogen-bond acceptors (Lipinski definition) is 9. The van der Waals surface area contributed by atoms with Gasteiger partial charge in [0.25, 0.3) is 0 Å². The number of likely N-dealkylation sites (N-methyl/N-ethyl adjacent to an activating group) is 1. The fourth-order valence-corrected chi connectivity index (χ4v) is 5.35. The lowest BCUT2D eigenvalue weighted by atomic mass is 9.97. The number of nitrogens with zero attached hydrogens (tertiary/aromatic N) is 6. The maximum atomic E-state index is 5.46. The van der Waals surface area contributed by atoms with E-state index in [1.54, 1.807) is 0 Å². The van der Waals surface area contributed by atoms with Crippen LogP contribution in [0.1, 0.15) is 113 Å². The van der Waals surface area contributed by atoms with Crippen molar-refractivity contribution < 1.29 is 9.05 Å². The molecule has 1 N–H and O–H groups in total. The summed E-state index contributed by atoms with van der Waals surface area (Å²) in [6.07, 6.45) is 16.6. The summed E-state index contributed by atoms with van der Waals surface area (Å²) >= 11 is 0. The Labute approximate surface area is 303 Å². The van der Waals surface area contributed by atoms with Gasteiger partial charge in [0.1, 0.15) is 17.4 Å². The van der Waals surface area contributed by atoms with Crippen LogP contribution in [0.2, 0.25) is 0 Å². The van der Waals surface area contributed by atoms with Crippen LogP contribution in [0.3, 0.4) is 0 Å². The first-order valence-electron chi connectivity index (χ1n) is 17.7. The van der Waals surface area contributed by atoms with Gasteiger partial charge in [-0.05, 0) is 87.8 Å². The third-order valence-electron chi connectivity index (χ3n) is 8.15. The standard InChI is InChI=1S/C24H36N6O.C11H15NO.C2H6.C2H4.C2H2/c1-7-20(21-17(4)28-31-18(21)5)22-16(3)23(27-24(26-22)19-8-9-19)25-15(2)14-30-12-10-29(6)11-13-30;1-8(2)5-6-9(3)11-7-10(4)12-13-11;3*1-2/h7,15,19H,8-14H2,1-6H3,(H,25,26,27);5-7H,1-4H3;1-2H3;1-2H2;1-2H/b20-7-;9-6+;;;. The van der Waals surface area contributed by atoms with Crippen molar-refractivity contribution >= 4 is 17.0 Å². The number of terminal acetylenes is 1. The van der Waals surface area contributed by atoms with E-state index in [4.69, 9.17) is 19.0 Å². The molecule has 9 nitrogen and oxygen atoms in total. The predicted octanol–water partition coefficient (Wildman–Crippen LogP) is 9.20. The van der Waals surface area contributed by atoms with Gasteiger partial charge in [0.05, 0.1) is 17.1 Å². The minimum absolute atomic E-state index is 0.310. The number of aromatic nitrogens is 4. The van der Waals surface area contributed by atoms with Gasteiger partial charge in [0.2, 0.25) is 0 Å². The number of piperazine rings is 1. The molecule has 3 aromatic heterocycles. The second-order valence-corrected chi connectivity index (χ2v) is 12.7. The monoisotopic (exact) mass is 686 g/mol. The van der Waals surface area contributed by atoms with Gasteiger partial charge in [-0.2, -0.15) is 0 Å². The van der Waals surface area contributed by atoms with Gasteiger partial charge >= 0.3 is 0 Å². The van der Waals surface area contributed by atoms with Crippen molar-refractivity contribution in [2.24, 2.45) is 0 Å². The molecule has 1 aliphatic heterocycles. The highest BCUT2D eigenvalue weighted by molar-refractivity contribution is 5.82. The molecule has 0 amide bonds. The van der Waals surface area contributed by atoms with Gasteiger partial charge in [0, 0.05) is 67.4 Å². The Hall–Kier alpha value is -4.26. The van der Waals surface area contributed by atoms with Crippen molar-refractivity contribution in [3.05, 3.63) is 88.6 Å². The zero-order chi connectivity index (χ0) is 38.0. The molecule has 1 aliphatic carbocycles. The van der Waals surface area contributed by atoms with Gasteiger partial charge in [-0.1, -0.05) is 48.0 Å². The van der Waals surface area contributed by atoms with Crippen molar-refractivity contribution in [2.75, 3.05) is 45.1 Å². The lowest BCUT2D eigenvalue weighted by Crippen LogP contribution is -2.47. The van der Waals surface area contributed by atoms with Crippen LogP contribution in [0.25, 0.3) is 11.1 Å². The van der Waals surface area contributed by atoms with Crippen LogP contribution in [0.4, 0.5) is 5.82 Å². The quantitative estimate of drug-likeness (QED) is 0.134. The lowest BCUT2D eigenvalue weighted by molar-refractivity contribution is 0.151.